The second-order valence-electron chi connectivity index (χ2n) is 6.46. The summed E-state index contributed by atoms with van der Waals surface area (Å²) in [4.78, 5) is 25.9. The highest BCUT2D eigenvalue weighted by Gasteiger charge is 2.34. The highest BCUT2D eigenvalue weighted by Crippen LogP contribution is 2.16. The van der Waals surface area contributed by atoms with Gasteiger partial charge in [-0.3, -0.25) is 9.59 Å². The van der Waals surface area contributed by atoms with Crippen molar-refractivity contribution >= 4 is 24.2 Å². The Kier molecular flexibility index (Phi) is 10.6. The number of rotatable bonds is 7. The predicted octanol–water partition coefficient (Wildman–Crippen LogP) is 0.229. The molecule has 1 unspecified atom stereocenters. The van der Waals surface area contributed by atoms with Gasteiger partial charge in [-0.05, 0) is 44.5 Å². The zero-order valence-corrected chi connectivity index (χ0v) is 16.9. The van der Waals surface area contributed by atoms with Crippen molar-refractivity contribution in [2.75, 3.05) is 31.5 Å². The highest BCUT2D eigenvalue weighted by molar-refractivity contribution is 5.90. The fraction of sp³-hybridized carbons (Fsp3) is 0.450. The minimum Gasteiger partial charge on any atom is -0.380 e. The third kappa shape index (κ3) is 7.30. The second kappa shape index (κ2) is 12.7. The summed E-state index contributed by atoms with van der Waals surface area (Å²) in [6.45, 7) is 8.30. The lowest BCUT2D eigenvalue weighted by molar-refractivity contribution is -0.153. The molecule has 1 saturated heterocycles. The van der Waals surface area contributed by atoms with E-state index in [9.17, 15) is 19.8 Å². The van der Waals surface area contributed by atoms with E-state index in [0.29, 0.717) is 26.2 Å². The number of piperazine rings is 1. The number of aliphatic hydroxyl groups is 2. The predicted molar refractivity (Wildman–Crippen MR) is 113 cm³/mol. The normalized spacial score (nSPS) is 16.9. The summed E-state index contributed by atoms with van der Waals surface area (Å²) in [6.07, 6.45) is 0.103. The van der Waals surface area contributed by atoms with Gasteiger partial charge in [0.25, 0.3) is 11.8 Å². The van der Waals surface area contributed by atoms with Gasteiger partial charge in [-0.15, -0.1) is 0 Å². The van der Waals surface area contributed by atoms with E-state index >= 15 is 0 Å². The van der Waals surface area contributed by atoms with Crippen molar-refractivity contribution < 1.29 is 19.8 Å². The van der Waals surface area contributed by atoms with Crippen LogP contribution in [0.15, 0.2) is 36.5 Å². The molecule has 0 aromatic heterocycles. The first-order chi connectivity index (χ1) is 13.9. The molecule has 2 amide bonds. The lowest BCUT2D eigenvalue weighted by atomic mass is 10.1. The molecule has 2 rings (SSSR count). The zero-order chi connectivity index (χ0) is 21.8. The first-order valence-electron chi connectivity index (χ1n) is 9.43. The standard InChI is InChI=1S/C19H28N4O4.CH3N/c1-3-8-21-15-6-4-14(5-7-15)13(2)22-18(26)16(24)17(25)19(27)23-11-9-20-10-12-23;1-2/h3-8,13,16-17,20-21,24-25H,9-12H2,1-2H3,(H,22,26);2H,1H2/b8-3-;/t13-,16-,17?;/m1./s1. The molecule has 1 fully saturated rings. The summed E-state index contributed by atoms with van der Waals surface area (Å²) in [7, 11) is 0. The van der Waals surface area contributed by atoms with Crippen LogP contribution in [0, 0.1) is 5.41 Å². The van der Waals surface area contributed by atoms with E-state index in [2.05, 4.69) is 22.7 Å². The van der Waals surface area contributed by atoms with E-state index in [4.69, 9.17) is 5.41 Å². The molecule has 1 aromatic carbocycles. The van der Waals surface area contributed by atoms with Crippen LogP contribution in [-0.2, 0) is 9.59 Å². The van der Waals surface area contributed by atoms with Crippen LogP contribution in [0.25, 0.3) is 0 Å². The summed E-state index contributed by atoms with van der Waals surface area (Å²) >= 11 is 0. The number of hydrogen-bond donors (Lipinski definition) is 6. The molecule has 160 valence electrons. The van der Waals surface area contributed by atoms with Crippen molar-refractivity contribution in [3.05, 3.63) is 42.1 Å². The number of hydrogen-bond acceptors (Lipinski definition) is 7. The van der Waals surface area contributed by atoms with E-state index in [1.54, 1.807) is 6.92 Å². The molecule has 9 nitrogen and oxygen atoms in total. The zero-order valence-electron chi connectivity index (χ0n) is 16.9. The summed E-state index contributed by atoms with van der Waals surface area (Å²) in [5.74, 6) is -1.42. The van der Waals surface area contributed by atoms with Crippen LogP contribution in [0.1, 0.15) is 25.5 Å². The van der Waals surface area contributed by atoms with Crippen LogP contribution in [-0.4, -0.2) is 72.0 Å². The number of allylic oxidation sites excluding steroid dienone is 1. The molecule has 0 radical (unpaired) electrons. The molecule has 1 aromatic rings. The van der Waals surface area contributed by atoms with Gasteiger partial charge in [0.15, 0.2) is 12.2 Å². The van der Waals surface area contributed by atoms with Crippen LogP contribution >= 0.6 is 0 Å². The summed E-state index contributed by atoms with van der Waals surface area (Å²) in [5.41, 5.74) is 1.75. The quantitative estimate of drug-likeness (QED) is 0.359. The number of anilines is 1. The maximum atomic E-state index is 12.2. The molecular formula is C20H31N5O4. The van der Waals surface area contributed by atoms with Crippen molar-refractivity contribution in [1.29, 1.82) is 5.41 Å². The number of benzene rings is 1. The van der Waals surface area contributed by atoms with E-state index in [0.717, 1.165) is 11.3 Å². The average molecular weight is 405 g/mol. The molecule has 1 aliphatic heterocycles. The second-order valence-corrected chi connectivity index (χ2v) is 6.46. The number of amides is 2. The first-order valence-corrected chi connectivity index (χ1v) is 9.43. The molecule has 6 N–H and O–H groups in total. The van der Waals surface area contributed by atoms with Crippen LogP contribution in [0.2, 0.25) is 0 Å². The summed E-state index contributed by atoms with van der Waals surface area (Å²) in [6, 6.07) is 7.06. The minimum absolute atomic E-state index is 0.385. The number of carbonyl (C=O) groups excluding carboxylic acids is 2. The smallest absolute Gasteiger partial charge is 0.254 e. The molecule has 0 bridgehead atoms. The van der Waals surface area contributed by atoms with E-state index in [1.807, 2.05) is 43.5 Å². The highest BCUT2D eigenvalue weighted by atomic mass is 16.3. The van der Waals surface area contributed by atoms with Crippen LogP contribution in [0.5, 0.6) is 0 Å². The van der Waals surface area contributed by atoms with E-state index in [1.165, 1.54) is 4.90 Å². The van der Waals surface area contributed by atoms with Crippen LogP contribution in [0.3, 0.4) is 0 Å². The van der Waals surface area contributed by atoms with Crippen LogP contribution in [0.4, 0.5) is 5.69 Å². The molecular weight excluding hydrogens is 374 g/mol. The van der Waals surface area contributed by atoms with E-state index in [-0.39, 0.29) is 6.04 Å². The Bertz CT molecular complexity index is 674. The fourth-order valence-electron chi connectivity index (χ4n) is 2.78. The maximum absolute atomic E-state index is 12.2. The Balaban J connectivity index is 0.00000204. The van der Waals surface area contributed by atoms with Gasteiger partial charge in [-0.1, -0.05) is 18.2 Å². The largest absolute Gasteiger partial charge is 0.380 e. The summed E-state index contributed by atoms with van der Waals surface area (Å²) < 4.78 is 0. The van der Waals surface area contributed by atoms with Gasteiger partial charge in [-0.25, -0.2) is 0 Å². The molecule has 0 saturated carbocycles. The third-order valence-corrected chi connectivity index (χ3v) is 4.44. The molecule has 3 atom stereocenters. The van der Waals surface area contributed by atoms with Crippen molar-refractivity contribution in [2.45, 2.75) is 32.1 Å². The fourth-order valence-corrected chi connectivity index (χ4v) is 2.78. The van der Waals surface area contributed by atoms with Crippen molar-refractivity contribution in [2.24, 2.45) is 0 Å². The number of nitrogens with one attached hydrogen (secondary N) is 4. The third-order valence-electron chi connectivity index (χ3n) is 4.44. The monoisotopic (exact) mass is 405 g/mol. The molecule has 1 aliphatic rings. The molecule has 29 heavy (non-hydrogen) atoms. The van der Waals surface area contributed by atoms with Crippen LogP contribution < -0.4 is 16.0 Å². The molecule has 1 heterocycles. The Hall–Kier alpha value is -2.75. The van der Waals surface area contributed by atoms with Gasteiger partial charge >= 0.3 is 0 Å². The lowest BCUT2D eigenvalue weighted by Crippen LogP contribution is -2.55. The Morgan fingerprint density at radius 2 is 1.76 bits per heavy atom. The van der Waals surface area contributed by atoms with Gasteiger partial charge in [0.1, 0.15) is 0 Å². The van der Waals surface area contributed by atoms with Crippen molar-refractivity contribution in [1.82, 2.24) is 15.5 Å². The lowest BCUT2D eigenvalue weighted by Gasteiger charge is -2.30. The minimum atomic E-state index is -1.81. The van der Waals surface area contributed by atoms with Gasteiger partial charge in [0.05, 0.1) is 6.04 Å². The van der Waals surface area contributed by atoms with E-state index < -0.39 is 24.0 Å². The molecule has 0 aliphatic carbocycles. The number of aliphatic hydroxyl groups excluding tert-OH is 2. The van der Waals surface area contributed by atoms with Gasteiger partial charge in [-0.2, -0.15) is 0 Å². The summed E-state index contributed by atoms with van der Waals surface area (Å²) in [5, 5.41) is 34.5. The number of carbonyl (C=O) groups is 2. The molecule has 9 heteroatoms. The topological polar surface area (TPSA) is 138 Å². The Morgan fingerprint density at radius 1 is 1.17 bits per heavy atom. The van der Waals surface area contributed by atoms with Crippen molar-refractivity contribution in [3.8, 4) is 0 Å². The Morgan fingerprint density at radius 3 is 2.31 bits per heavy atom. The Labute approximate surface area is 171 Å². The van der Waals surface area contributed by atoms with Gasteiger partial charge < -0.3 is 36.5 Å². The van der Waals surface area contributed by atoms with Gasteiger partial charge in [0, 0.05) is 31.9 Å². The first kappa shape index (κ1) is 24.3. The average Bonchev–Trinajstić information content (AvgIpc) is 2.78. The number of nitrogens with zero attached hydrogens (tertiary/aromatic N) is 1. The van der Waals surface area contributed by atoms with Gasteiger partial charge in [0.2, 0.25) is 0 Å². The SMILES string of the molecule is C/C=C\Nc1ccc([C@@H](C)NC(=O)[C@H](O)C(O)C(=O)N2CCNCC2)cc1.C=N. The maximum Gasteiger partial charge on any atom is 0.254 e. The molecule has 0 spiro atoms. The van der Waals surface area contributed by atoms with Crippen molar-refractivity contribution in [3.63, 3.8) is 0 Å².